The van der Waals surface area contributed by atoms with E-state index in [1.165, 1.54) is 0 Å². The van der Waals surface area contributed by atoms with Crippen LogP contribution in [0.4, 0.5) is 17.6 Å². The zero-order valence-electron chi connectivity index (χ0n) is 13.7. The van der Waals surface area contributed by atoms with Crippen molar-refractivity contribution in [2.75, 3.05) is 0 Å². The first-order valence-corrected chi connectivity index (χ1v) is 8.91. The molecule has 0 bridgehead atoms. The Balaban J connectivity index is 2.38. The van der Waals surface area contributed by atoms with Crippen molar-refractivity contribution in [2.45, 2.75) is 51.1 Å². The van der Waals surface area contributed by atoms with Crippen LogP contribution in [0.5, 0.6) is 5.88 Å². The maximum Gasteiger partial charge on any atom is 0.388 e. The molecule has 1 aromatic heterocycles. The van der Waals surface area contributed by atoms with E-state index in [0.717, 1.165) is 7.05 Å². The lowest BCUT2D eigenvalue weighted by Gasteiger charge is -2.18. The maximum atomic E-state index is 13.1. The van der Waals surface area contributed by atoms with Gasteiger partial charge in [-0.3, -0.25) is 0 Å². The first-order chi connectivity index (χ1) is 11.5. The van der Waals surface area contributed by atoms with E-state index in [4.69, 9.17) is 4.84 Å². The summed E-state index contributed by atoms with van der Waals surface area (Å²) in [7, 11) is -3.08. The molecule has 25 heavy (non-hydrogen) atoms. The van der Waals surface area contributed by atoms with Crippen LogP contribution in [0, 0.1) is 0 Å². The van der Waals surface area contributed by atoms with Gasteiger partial charge in [0.15, 0.2) is 14.9 Å². The Morgan fingerprint density at radius 1 is 1.36 bits per heavy atom. The van der Waals surface area contributed by atoms with Crippen LogP contribution < -0.4 is 4.74 Å². The molecule has 0 saturated carbocycles. The zero-order valence-corrected chi connectivity index (χ0v) is 14.5. The van der Waals surface area contributed by atoms with Gasteiger partial charge in [-0.05, 0) is 13.3 Å². The number of hydrogen-bond acceptors (Lipinski definition) is 6. The van der Waals surface area contributed by atoms with Gasteiger partial charge in [0.2, 0.25) is 5.88 Å². The lowest BCUT2D eigenvalue weighted by atomic mass is 10.0. The summed E-state index contributed by atoms with van der Waals surface area (Å²) in [6.07, 6.45) is -2.72. The van der Waals surface area contributed by atoms with E-state index in [0.29, 0.717) is 11.1 Å². The molecule has 0 fully saturated rings. The van der Waals surface area contributed by atoms with Gasteiger partial charge < -0.3 is 9.57 Å². The summed E-state index contributed by atoms with van der Waals surface area (Å²) in [6.45, 7) is 0.104. The van der Waals surface area contributed by atoms with Gasteiger partial charge >= 0.3 is 6.61 Å². The second-order valence-electron chi connectivity index (χ2n) is 5.79. The molecule has 1 unspecified atom stereocenters. The standard InChI is InChI=1S/C13H17F4N3O4S/c1-4-13(2)5-8(19-24-13)25(21,22)6-7-9(10(14)15)18-20(3)11(7)23-12(16)17/h10,12H,4-6H2,1-3H3. The number of ether oxygens (including phenoxy) is 1. The van der Waals surface area contributed by atoms with Crippen molar-refractivity contribution in [1.29, 1.82) is 0 Å². The van der Waals surface area contributed by atoms with Gasteiger partial charge in [-0.25, -0.2) is 21.9 Å². The number of aromatic nitrogens is 2. The maximum absolute atomic E-state index is 13.1. The molecular formula is C13H17F4N3O4S. The molecule has 12 heteroatoms. The predicted molar refractivity (Wildman–Crippen MR) is 79.3 cm³/mol. The average molecular weight is 387 g/mol. The molecule has 1 aliphatic heterocycles. The molecule has 7 nitrogen and oxygen atoms in total. The normalized spacial score (nSPS) is 20.9. The number of hydrogen-bond donors (Lipinski definition) is 0. The summed E-state index contributed by atoms with van der Waals surface area (Å²) in [6, 6.07) is 0. The molecule has 2 rings (SSSR count). The van der Waals surface area contributed by atoms with E-state index in [1.807, 2.05) is 0 Å². The number of nitrogens with zero attached hydrogens (tertiary/aromatic N) is 3. The second-order valence-corrected chi connectivity index (χ2v) is 7.78. The van der Waals surface area contributed by atoms with E-state index in [2.05, 4.69) is 15.0 Å². The smallest absolute Gasteiger partial charge is 0.388 e. The molecule has 142 valence electrons. The number of rotatable bonds is 6. The molecule has 0 aromatic carbocycles. The van der Waals surface area contributed by atoms with E-state index in [-0.39, 0.29) is 11.5 Å². The van der Waals surface area contributed by atoms with Crippen LogP contribution in [0.2, 0.25) is 0 Å². The summed E-state index contributed by atoms with van der Waals surface area (Å²) in [5.74, 6) is -1.73. The van der Waals surface area contributed by atoms with Crippen molar-refractivity contribution in [1.82, 2.24) is 9.78 Å². The van der Waals surface area contributed by atoms with Crippen molar-refractivity contribution in [3.63, 3.8) is 0 Å². The molecule has 0 N–H and O–H groups in total. The van der Waals surface area contributed by atoms with Gasteiger partial charge in [-0.1, -0.05) is 12.1 Å². The molecule has 0 aliphatic carbocycles. The third-order valence-electron chi connectivity index (χ3n) is 3.86. The number of aryl methyl sites for hydroxylation is 1. The van der Waals surface area contributed by atoms with Crippen LogP contribution >= 0.6 is 0 Å². The van der Waals surface area contributed by atoms with Gasteiger partial charge in [0.05, 0.1) is 11.3 Å². The van der Waals surface area contributed by atoms with Crippen molar-refractivity contribution in [3.05, 3.63) is 11.3 Å². The first kappa shape index (κ1) is 19.5. The van der Waals surface area contributed by atoms with Gasteiger partial charge in [-0.2, -0.15) is 13.9 Å². The quantitative estimate of drug-likeness (QED) is 0.701. The van der Waals surface area contributed by atoms with Crippen LogP contribution in [0.3, 0.4) is 0 Å². The molecule has 2 heterocycles. The van der Waals surface area contributed by atoms with E-state index in [1.54, 1.807) is 13.8 Å². The molecule has 0 radical (unpaired) electrons. The summed E-state index contributed by atoms with van der Waals surface area (Å²) in [4.78, 5) is 5.09. The number of oxime groups is 1. The Labute approximate surface area is 141 Å². The highest BCUT2D eigenvalue weighted by Gasteiger charge is 2.40. The minimum Gasteiger partial charge on any atom is -0.417 e. The van der Waals surface area contributed by atoms with Crippen molar-refractivity contribution in [2.24, 2.45) is 12.2 Å². The molecule has 0 saturated heterocycles. The zero-order chi connectivity index (χ0) is 19.0. The SMILES string of the molecule is CCC1(C)CC(S(=O)(=O)Cc2c(C(F)F)nn(C)c2OC(F)F)=NO1. The van der Waals surface area contributed by atoms with Gasteiger partial charge in [-0.15, -0.1) is 0 Å². The summed E-state index contributed by atoms with van der Waals surface area (Å²) >= 11 is 0. The van der Waals surface area contributed by atoms with Gasteiger partial charge in [0.25, 0.3) is 6.43 Å². The van der Waals surface area contributed by atoms with Crippen molar-refractivity contribution in [3.8, 4) is 5.88 Å². The van der Waals surface area contributed by atoms with E-state index in [9.17, 15) is 26.0 Å². The molecule has 1 atom stereocenters. The Kier molecular flexibility index (Phi) is 5.30. The summed E-state index contributed by atoms with van der Waals surface area (Å²) in [5.41, 5.74) is -2.37. The number of alkyl halides is 4. The summed E-state index contributed by atoms with van der Waals surface area (Å²) in [5, 5.41) is 6.59. The van der Waals surface area contributed by atoms with Crippen LogP contribution in [0.1, 0.15) is 44.4 Å². The Morgan fingerprint density at radius 3 is 2.48 bits per heavy atom. The molecule has 0 amide bonds. The fourth-order valence-corrected chi connectivity index (χ4v) is 3.78. The van der Waals surface area contributed by atoms with Crippen molar-refractivity contribution < 1.29 is 35.6 Å². The summed E-state index contributed by atoms with van der Waals surface area (Å²) < 4.78 is 81.1. The number of halogens is 4. The second kappa shape index (κ2) is 6.81. The van der Waals surface area contributed by atoms with Crippen LogP contribution in [-0.2, 0) is 27.5 Å². The molecule has 1 aromatic rings. The minimum absolute atomic E-state index is 0.0405. The molecule has 0 spiro atoms. The van der Waals surface area contributed by atoms with Gasteiger partial charge in [0.1, 0.15) is 11.3 Å². The van der Waals surface area contributed by atoms with Crippen LogP contribution in [0.25, 0.3) is 0 Å². The van der Waals surface area contributed by atoms with Crippen molar-refractivity contribution >= 4 is 14.9 Å². The van der Waals surface area contributed by atoms with Gasteiger partial charge in [0, 0.05) is 13.5 Å². The first-order valence-electron chi connectivity index (χ1n) is 7.25. The lowest BCUT2D eigenvalue weighted by Crippen LogP contribution is -2.26. The molecule has 1 aliphatic rings. The fraction of sp³-hybridized carbons (Fsp3) is 0.692. The highest BCUT2D eigenvalue weighted by atomic mass is 32.2. The largest absolute Gasteiger partial charge is 0.417 e. The Morgan fingerprint density at radius 2 is 2.00 bits per heavy atom. The van der Waals surface area contributed by atoms with E-state index >= 15 is 0 Å². The fourth-order valence-electron chi connectivity index (χ4n) is 2.29. The lowest BCUT2D eigenvalue weighted by molar-refractivity contribution is -0.0558. The highest BCUT2D eigenvalue weighted by molar-refractivity contribution is 8.05. The Bertz CT molecular complexity index is 778. The highest BCUT2D eigenvalue weighted by Crippen LogP contribution is 2.34. The minimum atomic E-state index is -4.18. The third kappa shape index (κ3) is 4.05. The molecular weight excluding hydrogens is 370 g/mol. The number of sulfone groups is 1. The van der Waals surface area contributed by atoms with Crippen LogP contribution in [0.15, 0.2) is 5.16 Å². The predicted octanol–water partition coefficient (Wildman–Crippen LogP) is 2.78. The van der Waals surface area contributed by atoms with E-state index < -0.39 is 51.4 Å². The monoisotopic (exact) mass is 387 g/mol. The average Bonchev–Trinajstić information content (AvgIpc) is 3.03. The van der Waals surface area contributed by atoms with Crippen LogP contribution in [-0.4, -0.2) is 35.5 Å². The topological polar surface area (TPSA) is 82.8 Å². The third-order valence-corrected chi connectivity index (χ3v) is 5.47. The Hall–Kier alpha value is -1.85.